The summed E-state index contributed by atoms with van der Waals surface area (Å²) in [5.41, 5.74) is 1.60. The molecule has 0 radical (unpaired) electrons. The van der Waals surface area contributed by atoms with Crippen molar-refractivity contribution in [1.82, 2.24) is 4.31 Å². The predicted octanol–water partition coefficient (Wildman–Crippen LogP) is 1.56. The second-order valence-corrected chi connectivity index (χ2v) is 6.62. The van der Waals surface area contributed by atoms with Crippen LogP contribution in [-0.4, -0.2) is 45.9 Å². The predicted molar refractivity (Wildman–Crippen MR) is 82.4 cm³/mol. The van der Waals surface area contributed by atoms with Gasteiger partial charge >= 0.3 is 16.2 Å². The van der Waals surface area contributed by atoms with Crippen molar-refractivity contribution in [2.75, 3.05) is 31.6 Å². The summed E-state index contributed by atoms with van der Waals surface area (Å²) in [5.74, 6) is -0.435. The Balaban J connectivity index is 2.94. The molecule has 7 heteroatoms. The van der Waals surface area contributed by atoms with Gasteiger partial charge in [-0.1, -0.05) is 12.1 Å². The van der Waals surface area contributed by atoms with Crippen LogP contribution in [0.3, 0.4) is 0 Å². The van der Waals surface area contributed by atoms with Crippen LogP contribution in [0.5, 0.6) is 0 Å². The molecular formula is C14H22N2O4S. The van der Waals surface area contributed by atoms with Crippen LogP contribution in [0.15, 0.2) is 24.3 Å². The summed E-state index contributed by atoms with van der Waals surface area (Å²) in [6, 6.07) is 7.29. The van der Waals surface area contributed by atoms with Crippen molar-refractivity contribution >= 4 is 21.9 Å². The number of benzene rings is 1. The van der Waals surface area contributed by atoms with Gasteiger partial charge in [0.05, 0.1) is 19.2 Å². The molecule has 1 rings (SSSR count). The summed E-state index contributed by atoms with van der Waals surface area (Å²) >= 11 is 0. The molecule has 0 bridgehead atoms. The molecule has 118 valence electrons. The molecule has 0 aliphatic rings. The zero-order valence-corrected chi connectivity index (χ0v) is 13.7. The topological polar surface area (TPSA) is 66.9 Å². The first-order valence-electron chi connectivity index (χ1n) is 6.70. The van der Waals surface area contributed by atoms with Crippen LogP contribution in [0, 0.1) is 6.92 Å². The number of anilines is 1. The molecule has 0 aromatic heterocycles. The first kappa shape index (κ1) is 17.5. The number of carbonyl (C=O) groups excluding carboxylic acids is 1. The summed E-state index contributed by atoms with van der Waals surface area (Å²) in [7, 11) is -0.931. The standard InChI is InChI=1S/C14H22N2O4S/c1-5-16(13-8-6-7-12(2)11-13)21(18,19)15(3)10-9-14(17)20-4/h6-8,11H,5,9-10H2,1-4H3. The van der Waals surface area contributed by atoms with Crippen molar-refractivity contribution in [3.63, 3.8) is 0 Å². The van der Waals surface area contributed by atoms with E-state index in [-0.39, 0.29) is 13.0 Å². The molecule has 0 saturated heterocycles. The van der Waals surface area contributed by atoms with Gasteiger partial charge in [-0.3, -0.25) is 9.10 Å². The molecule has 1 aromatic rings. The Labute approximate surface area is 126 Å². The normalized spacial score (nSPS) is 11.5. The highest BCUT2D eigenvalue weighted by atomic mass is 32.2. The number of ether oxygens (including phenoxy) is 1. The molecule has 0 amide bonds. The summed E-state index contributed by atoms with van der Waals surface area (Å²) in [5, 5.41) is 0. The maximum absolute atomic E-state index is 12.6. The highest BCUT2D eigenvalue weighted by Gasteiger charge is 2.26. The molecule has 0 aliphatic heterocycles. The zero-order chi connectivity index (χ0) is 16.0. The number of methoxy groups -OCH3 is 1. The molecule has 0 N–H and O–H groups in total. The third-order valence-electron chi connectivity index (χ3n) is 3.11. The first-order chi connectivity index (χ1) is 9.82. The summed E-state index contributed by atoms with van der Waals surface area (Å²) < 4.78 is 32.2. The van der Waals surface area contributed by atoms with Gasteiger partial charge in [0, 0.05) is 20.1 Å². The van der Waals surface area contributed by atoms with E-state index in [1.165, 1.54) is 18.5 Å². The number of aryl methyl sites for hydroxylation is 1. The second-order valence-electron chi connectivity index (χ2n) is 4.66. The molecule has 6 nitrogen and oxygen atoms in total. The minimum atomic E-state index is -3.67. The third kappa shape index (κ3) is 4.44. The fourth-order valence-electron chi connectivity index (χ4n) is 1.90. The SMILES string of the molecule is CCN(c1cccc(C)c1)S(=O)(=O)N(C)CCC(=O)OC. The van der Waals surface area contributed by atoms with Gasteiger partial charge < -0.3 is 4.74 Å². The highest BCUT2D eigenvalue weighted by molar-refractivity contribution is 7.90. The quantitative estimate of drug-likeness (QED) is 0.716. The van der Waals surface area contributed by atoms with E-state index in [1.807, 2.05) is 25.1 Å². The van der Waals surface area contributed by atoms with Crippen LogP contribution in [0.4, 0.5) is 5.69 Å². The highest BCUT2D eigenvalue weighted by Crippen LogP contribution is 2.20. The van der Waals surface area contributed by atoms with Crippen LogP contribution >= 0.6 is 0 Å². The molecule has 0 fully saturated rings. The van der Waals surface area contributed by atoms with E-state index in [1.54, 1.807) is 13.0 Å². The van der Waals surface area contributed by atoms with E-state index in [4.69, 9.17) is 0 Å². The van der Waals surface area contributed by atoms with Crippen molar-refractivity contribution in [3.05, 3.63) is 29.8 Å². The number of rotatable bonds is 7. The Morgan fingerprint density at radius 3 is 2.52 bits per heavy atom. The third-order valence-corrected chi connectivity index (χ3v) is 5.10. The Hall–Kier alpha value is -1.60. The average Bonchev–Trinajstić information content (AvgIpc) is 2.44. The lowest BCUT2D eigenvalue weighted by molar-refractivity contribution is -0.140. The first-order valence-corrected chi connectivity index (χ1v) is 8.10. The van der Waals surface area contributed by atoms with Gasteiger partial charge in [-0.15, -0.1) is 0 Å². The van der Waals surface area contributed by atoms with Crippen molar-refractivity contribution < 1.29 is 17.9 Å². The van der Waals surface area contributed by atoms with E-state index in [0.29, 0.717) is 12.2 Å². The van der Waals surface area contributed by atoms with Crippen molar-refractivity contribution in [2.45, 2.75) is 20.3 Å². The average molecular weight is 314 g/mol. The Morgan fingerprint density at radius 1 is 1.33 bits per heavy atom. The number of nitrogens with zero attached hydrogens (tertiary/aromatic N) is 2. The fraction of sp³-hybridized carbons (Fsp3) is 0.500. The molecule has 0 spiro atoms. The van der Waals surface area contributed by atoms with Crippen molar-refractivity contribution in [2.24, 2.45) is 0 Å². The van der Waals surface area contributed by atoms with Crippen molar-refractivity contribution in [3.8, 4) is 0 Å². The maximum Gasteiger partial charge on any atom is 0.306 e. The maximum atomic E-state index is 12.6. The molecule has 21 heavy (non-hydrogen) atoms. The van der Waals surface area contributed by atoms with Gasteiger partial charge in [0.2, 0.25) is 0 Å². The van der Waals surface area contributed by atoms with Crippen LogP contribution in [0.1, 0.15) is 18.9 Å². The number of hydrogen-bond acceptors (Lipinski definition) is 4. The van der Waals surface area contributed by atoms with Crippen LogP contribution in [-0.2, 0) is 19.7 Å². The minimum Gasteiger partial charge on any atom is -0.469 e. The molecule has 0 saturated carbocycles. The van der Waals surface area contributed by atoms with Gasteiger partial charge in [-0.05, 0) is 31.5 Å². The van der Waals surface area contributed by atoms with Gasteiger partial charge in [-0.2, -0.15) is 12.7 Å². The van der Waals surface area contributed by atoms with Gasteiger partial charge in [0.15, 0.2) is 0 Å². The minimum absolute atomic E-state index is 0.0254. The molecule has 0 atom stereocenters. The van der Waals surface area contributed by atoms with Crippen LogP contribution in [0.2, 0.25) is 0 Å². The van der Waals surface area contributed by atoms with E-state index in [9.17, 15) is 13.2 Å². The smallest absolute Gasteiger partial charge is 0.306 e. The number of hydrogen-bond donors (Lipinski definition) is 0. The Bertz CT molecular complexity index is 586. The largest absolute Gasteiger partial charge is 0.469 e. The number of carbonyl (C=O) groups is 1. The van der Waals surface area contributed by atoms with E-state index < -0.39 is 16.2 Å². The van der Waals surface area contributed by atoms with Gasteiger partial charge in [-0.25, -0.2) is 0 Å². The van der Waals surface area contributed by atoms with Gasteiger partial charge in [0.25, 0.3) is 0 Å². The lowest BCUT2D eigenvalue weighted by Crippen LogP contribution is -2.42. The van der Waals surface area contributed by atoms with Crippen LogP contribution in [0.25, 0.3) is 0 Å². The molecule has 1 aromatic carbocycles. The monoisotopic (exact) mass is 314 g/mol. The van der Waals surface area contributed by atoms with Crippen molar-refractivity contribution in [1.29, 1.82) is 0 Å². The molecular weight excluding hydrogens is 292 g/mol. The molecule has 0 heterocycles. The summed E-state index contributed by atoms with van der Waals surface area (Å²) in [4.78, 5) is 11.1. The van der Waals surface area contributed by atoms with E-state index >= 15 is 0 Å². The van der Waals surface area contributed by atoms with E-state index in [0.717, 1.165) is 9.87 Å². The number of esters is 1. The van der Waals surface area contributed by atoms with Gasteiger partial charge in [0.1, 0.15) is 0 Å². The molecule has 0 aliphatic carbocycles. The summed E-state index contributed by atoms with van der Waals surface area (Å²) in [6.07, 6.45) is 0.0254. The lowest BCUT2D eigenvalue weighted by atomic mass is 10.2. The van der Waals surface area contributed by atoms with E-state index in [2.05, 4.69) is 4.74 Å². The molecule has 0 unspecified atom stereocenters. The lowest BCUT2D eigenvalue weighted by Gasteiger charge is -2.28. The Morgan fingerprint density at radius 2 is 2.00 bits per heavy atom. The summed E-state index contributed by atoms with van der Waals surface area (Å²) in [6.45, 7) is 4.07. The van der Waals surface area contributed by atoms with Crippen LogP contribution < -0.4 is 4.31 Å². The Kier molecular flexibility index (Phi) is 6.17. The fourth-order valence-corrected chi connectivity index (χ4v) is 3.26. The zero-order valence-electron chi connectivity index (χ0n) is 12.9. The second kappa shape index (κ2) is 7.42.